The Bertz CT molecular complexity index is 1080. The first-order valence-corrected chi connectivity index (χ1v) is 9.86. The molecule has 0 radical (unpaired) electrons. The van der Waals surface area contributed by atoms with Crippen LogP contribution < -0.4 is 4.90 Å². The first kappa shape index (κ1) is 19.1. The number of carbonyl (C=O) groups is 2. The van der Waals surface area contributed by atoms with Crippen LogP contribution >= 0.6 is 11.6 Å². The normalized spacial score (nSPS) is 26.3. The second-order valence-corrected chi connectivity index (χ2v) is 7.96. The second kappa shape index (κ2) is 6.83. The fraction of sp³-hybridized carbons (Fsp3) is 0.300. The van der Waals surface area contributed by atoms with Crippen LogP contribution in [0.25, 0.3) is 0 Å². The molecule has 0 bridgehead atoms. The summed E-state index contributed by atoms with van der Waals surface area (Å²) in [6.07, 6.45) is 0.842. The van der Waals surface area contributed by atoms with Crippen molar-refractivity contribution >= 4 is 34.8 Å². The van der Waals surface area contributed by atoms with E-state index in [1.165, 1.54) is 24.3 Å². The molecule has 0 aliphatic carbocycles. The highest BCUT2D eigenvalue weighted by molar-refractivity contribution is 6.33. The van der Waals surface area contributed by atoms with E-state index in [-0.39, 0.29) is 22.2 Å². The van der Waals surface area contributed by atoms with Gasteiger partial charge in [0.15, 0.2) is 0 Å². The van der Waals surface area contributed by atoms with Gasteiger partial charge in [-0.15, -0.1) is 0 Å². The predicted octanol–water partition coefficient (Wildman–Crippen LogP) is 2.92. The number of hydrogen-bond donors (Lipinski definition) is 0. The molecule has 0 spiro atoms. The number of imide groups is 1. The molecular weight excluding hydrogens is 415 g/mol. The maximum absolute atomic E-state index is 13.4. The highest BCUT2D eigenvalue weighted by Crippen LogP contribution is 2.49. The van der Waals surface area contributed by atoms with Crippen molar-refractivity contribution in [2.24, 2.45) is 5.92 Å². The van der Waals surface area contributed by atoms with Gasteiger partial charge in [-0.3, -0.25) is 19.7 Å². The summed E-state index contributed by atoms with van der Waals surface area (Å²) >= 11 is 5.88. The fourth-order valence-corrected chi connectivity index (χ4v) is 4.99. The molecule has 154 valence electrons. The Morgan fingerprint density at radius 3 is 2.33 bits per heavy atom. The van der Waals surface area contributed by atoms with Gasteiger partial charge in [-0.05, 0) is 36.2 Å². The number of nitrogens with zero attached hydrogens (tertiary/aromatic N) is 4. The molecule has 3 fully saturated rings. The lowest BCUT2D eigenvalue weighted by Crippen LogP contribution is -2.44. The summed E-state index contributed by atoms with van der Waals surface area (Å²) in [7, 11) is 0. The summed E-state index contributed by atoms with van der Waals surface area (Å²) in [4.78, 5) is 38.3. The molecule has 0 aromatic heterocycles. The van der Waals surface area contributed by atoms with Gasteiger partial charge in [-0.2, -0.15) is 0 Å². The minimum atomic E-state index is -0.690. The number of carbonyl (C=O) groups excluding carboxylic acids is 2. The maximum atomic E-state index is 13.4. The van der Waals surface area contributed by atoms with Gasteiger partial charge in [-0.25, -0.2) is 19.3 Å². The fourth-order valence-electron chi connectivity index (χ4n) is 4.81. The predicted molar refractivity (Wildman–Crippen MR) is 105 cm³/mol. The van der Waals surface area contributed by atoms with Crippen molar-refractivity contribution < 1.29 is 18.9 Å². The number of nitro groups is 1. The number of hydrazine groups is 1. The zero-order valence-corrected chi connectivity index (χ0v) is 16.3. The number of halogens is 2. The lowest BCUT2D eigenvalue weighted by atomic mass is 9.90. The topological polar surface area (TPSA) is 87.0 Å². The Kier molecular flexibility index (Phi) is 4.35. The van der Waals surface area contributed by atoms with E-state index in [9.17, 15) is 24.1 Å². The van der Waals surface area contributed by atoms with Gasteiger partial charge in [0.1, 0.15) is 16.9 Å². The molecule has 3 atom stereocenters. The summed E-state index contributed by atoms with van der Waals surface area (Å²) in [6, 6.07) is 8.73. The van der Waals surface area contributed by atoms with Crippen molar-refractivity contribution in [1.82, 2.24) is 10.0 Å². The van der Waals surface area contributed by atoms with E-state index in [1.54, 1.807) is 12.1 Å². The maximum Gasteiger partial charge on any atom is 0.289 e. The lowest BCUT2D eigenvalue weighted by molar-refractivity contribution is -0.384. The van der Waals surface area contributed by atoms with Crippen LogP contribution in [0.3, 0.4) is 0 Å². The Morgan fingerprint density at radius 2 is 1.67 bits per heavy atom. The van der Waals surface area contributed by atoms with Crippen molar-refractivity contribution in [3.63, 3.8) is 0 Å². The number of amides is 2. The van der Waals surface area contributed by atoms with Crippen molar-refractivity contribution in [3.05, 3.63) is 69.0 Å². The molecule has 2 amide bonds. The molecule has 3 saturated heterocycles. The number of fused-ring (bicyclic) bond motifs is 3. The van der Waals surface area contributed by atoms with E-state index in [0.29, 0.717) is 13.1 Å². The van der Waals surface area contributed by atoms with Crippen LogP contribution in [-0.2, 0) is 9.59 Å². The van der Waals surface area contributed by atoms with Crippen molar-refractivity contribution in [2.75, 3.05) is 18.0 Å². The summed E-state index contributed by atoms with van der Waals surface area (Å²) in [5, 5.41) is 15.1. The monoisotopic (exact) mass is 430 g/mol. The van der Waals surface area contributed by atoms with Crippen LogP contribution in [0.15, 0.2) is 42.5 Å². The highest BCUT2D eigenvalue weighted by Gasteiger charge is 2.62. The Hall–Kier alpha value is -2.88. The third kappa shape index (κ3) is 2.66. The minimum absolute atomic E-state index is 0.0713. The van der Waals surface area contributed by atoms with Crippen LogP contribution in [0.4, 0.5) is 15.8 Å². The molecule has 8 nitrogen and oxygen atoms in total. The molecule has 0 N–H and O–H groups in total. The van der Waals surface area contributed by atoms with Crippen molar-refractivity contribution in [1.29, 1.82) is 0 Å². The van der Waals surface area contributed by atoms with Crippen LogP contribution in [-0.4, -0.2) is 45.9 Å². The van der Waals surface area contributed by atoms with E-state index in [2.05, 4.69) is 0 Å². The summed E-state index contributed by atoms with van der Waals surface area (Å²) in [5.74, 6) is -1.91. The van der Waals surface area contributed by atoms with E-state index in [4.69, 9.17) is 11.6 Å². The zero-order valence-electron chi connectivity index (χ0n) is 15.6. The summed E-state index contributed by atoms with van der Waals surface area (Å²) in [6.45, 7) is 1.33. The molecule has 2 aromatic rings. The molecule has 10 heteroatoms. The van der Waals surface area contributed by atoms with E-state index in [0.717, 1.165) is 23.0 Å². The molecule has 3 aliphatic rings. The largest absolute Gasteiger partial charge is 0.289 e. The van der Waals surface area contributed by atoms with Gasteiger partial charge in [0.2, 0.25) is 5.91 Å². The number of rotatable bonds is 3. The van der Waals surface area contributed by atoms with Crippen LogP contribution in [0.5, 0.6) is 0 Å². The summed E-state index contributed by atoms with van der Waals surface area (Å²) in [5.41, 5.74) is 0.504. The third-order valence-electron chi connectivity index (χ3n) is 6.00. The molecule has 0 unspecified atom stereocenters. The Balaban J connectivity index is 1.58. The standard InChI is InChI=1S/C20H16ClFN4O4/c21-14-7-6-13(10-15(14)26(29)30)25-19(27)16-17(11-2-4-12(22)5-3-11)23-8-1-9-24(23)18(16)20(25)28/h2-7,10,16-18H,1,8-9H2/t16-,17+,18+/m0/s1. The van der Waals surface area contributed by atoms with Crippen molar-refractivity contribution in [3.8, 4) is 0 Å². The first-order chi connectivity index (χ1) is 14.4. The zero-order chi connectivity index (χ0) is 21.2. The molecule has 3 aliphatic heterocycles. The van der Waals surface area contributed by atoms with E-state index < -0.39 is 34.7 Å². The van der Waals surface area contributed by atoms with Crippen molar-refractivity contribution in [2.45, 2.75) is 18.5 Å². The number of nitro benzene ring substituents is 1. The quantitative estimate of drug-likeness (QED) is 0.423. The smallest absolute Gasteiger partial charge is 0.274 e. The average molecular weight is 431 g/mol. The second-order valence-electron chi connectivity index (χ2n) is 7.55. The highest BCUT2D eigenvalue weighted by atomic mass is 35.5. The molecule has 0 saturated carbocycles. The number of hydrogen-bond acceptors (Lipinski definition) is 6. The number of anilines is 1. The first-order valence-electron chi connectivity index (χ1n) is 9.49. The van der Waals surface area contributed by atoms with Gasteiger partial charge in [0.05, 0.1) is 22.6 Å². The Morgan fingerprint density at radius 1 is 1.00 bits per heavy atom. The van der Waals surface area contributed by atoms with E-state index >= 15 is 0 Å². The number of benzene rings is 2. The van der Waals surface area contributed by atoms with Gasteiger partial charge in [0, 0.05) is 19.2 Å². The molecule has 3 heterocycles. The van der Waals surface area contributed by atoms with Crippen LogP contribution in [0.2, 0.25) is 5.02 Å². The molecule has 30 heavy (non-hydrogen) atoms. The van der Waals surface area contributed by atoms with E-state index in [1.807, 2.05) is 10.0 Å². The lowest BCUT2D eigenvalue weighted by Gasteiger charge is -2.29. The Labute approximate surface area is 175 Å². The van der Waals surface area contributed by atoms with Gasteiger partial charge in [0.25, 0.3) is 11.6 Å². The average Bonchev–Trinajstić information content (AvgIpc) is 3.36. The van der Waals surface area contributed by atoms with Crippen LogP contribution in [0.1, 0.15) is 18.0 Å². The van der Waals surface area contributed by atoms with Gasteiger partial charge >= 0.3 is 0 Å². The molecule has 5 rings (SSSR count). The third-order valence-corrected chi connectivity index (χ3v) is 6.32. The molecular formula is C20H16ClFN4O4. The SMILES string of the molecule is O=C1[C@H]2[C@@H](c3ccc(F)cc3)N3CCCN3[C@H]2C(=O)N1c1ccc(Cl)c([N+](=O)[O-])c1. The van der Waals surface area contributed by atoms with Gasteiger partial charge < -0.3 is 0 Å². The summed E-state index contributed by atoms with van der Waals surface area (Å²) < 4.78 is 13.4. The minimum Gasteiger partial charge on any atom is -0.274 e. The molecule has 2 aromatic carbocycles. The van der Waals surface area contributed by atoms with Gasteiger partial charge in [-0.1, -0.05) is 23.7 Å². The van der Waals surface area contributed by atoms with Crippen LogP contribution in [0, 0.1) is 21.8 Å².